The Labute approximate surface area is 285 Å². The Hall–Kier alpha value is -3.52. The zero-order valence-corrected chi connectivity index (χ0v) is 28.7. The molecule has 0 amide bonds. The lowest BCUT2D eigenvalue weighted by atomic mass is 9.92. The van der Waals surface area contributed by atoms with Gasteiger partial charge in [-0.3, -0.25) is 13.9 Å². The van der Waals surface area contributed by atoms with E-state index < -0.39 is 17.4 Å². The molecular formula is C36H48F3N9O. The van der Waals surface area contributed by atoms with E-state index in [9.17, 15) is 18.0 Å². The van der Waals surface area contributed by atoms with Crippen LogP contribution in [-0.4, -0.2) is 116 Å². The number of piperazine rings is 1. The third-order valence-corrected chi connectivity index (χ3v) is 10.9. The van der Waals surface area contributed by atoms with Crippen LogP contribution in [0.1, 0.15) is 48.2 Å². The van der Waals surface area contributed by atoms with Crippen molar-refractivity contribution in [2.45, 2.75) is 44.8 Å². The van der Waals surface area contributed by atoms with Crippen molar-refractivity contribution in [2.75, 3.05) is 72.5 Å². The third-order valence-electron chi connectivity index (χ3n) is 10.9. The Morgan fingerprint density at radius 2 is 1.45 bits per heavy atom. The van der Waals surface area contributed by atoms with E-state index >= 15 is 0 Å². The summed E-state index contributed by atoms with van der Waals surface area (Å²) in [4.78, 5) is 23.5. The number of imidazole rings is 1. The van der Waals surface area contributed by atoms with Crippen molar-refractivity contribution in [2.24, 2.45) is 18.9 Å². The largest absolute Gasteiger partial charge is 0.418 e. The van der Waals surface area contributed by atoms with Gasteiger partial charge in [-0.1, -0.05) is 12.1 Å². The van der Waals surface area contributed by atoms with Crippen LogP contribution in [0.2, 0.25) is 0 Å². The summed E-state index contributed by atoms with van der Waals surface area (Å²) < 4.78 is 47.5. The van der Waals surface area contributed by atoms with Gasteiger partial charge >= 0.3 is 11.9 Å². The summed E-state index contributed by atoms with van der Waals surface area (Å²) in [5, 5.41) is 8.03. The van der Waals surface area contributed by atoms with Crippen LogP contribution >= 0.6 is 0 Å². The Morgan fingerprint density at radius 1 is 0.796 bits per heavy atom. The zero-order valence-electron chi connectivity index (χ0n) is 28.7. The summed E-state index contributed by atoms with van der Waals surface area (Å²) in [7, 11) is 4.05. The standard InChI is InChI=1S/C36H48F3N9O/c1-42-14-16-46(17-15-42)22-28-6-10-44(11-7-28)21-27-8-12-45(13-9-27)23-30-19-32(36(37,38)39)33-25-47(35(49)48(33)24-30)31-5-3-4-29(18-31)20-34-41-40-26-43(34)2/h3-5,18-19,24-28H,6-17,20-23H2,1-2H3. The van der Waals surface area contributed by atoms with E-state index in [1.54, 1.807) is 24.7 Å². The molecule has 0 aliphatic carbocycles. The Balaban J connectivity index is 0.977. The summed E-state index contributed by atoms with van der Waals surface area (Å²) in [6.07, 6.45) is 5.00. The van der Waals surface area contributed by atoms with Crippen molar-refractivity contribution in [1.82, 2.24) is 43.3 Å². The SMILES string of the molecule is CN1CCN(CC2CCN(CC3CCN(Cc4cc(C(F)(F)F)c5cn(-c6cccc(Cc7nncn7C)c6)c(=O)n5c4)CC3)CC2)CC1. The first-order chi connectivity index (χ1) is 23.6. The third kappa shape index (κ3) is 7.95. The number of likely N-dealkylation sites (N-methyl/N-ethyl adjacent to an activating group) is 1. The Kier molecular flexibility index (Phi) is 9.96. The summed E-state index contributed by atoms with van der Waals surface area (Å²) in [6.45, 7) is 11.5. The van der Waals surface area contributed by atoms with Crippen molar-refractivity contribution in [3.63, 3.8) is 0 Å². The van der Waals surface area contributed by atoms with E-state index in [2.05, 4.69) is 36.8 Å². The fourth-order valence-electron chi connectivity index (χ4n) is 7.91. The van der Waals surface area contributed by atoms with E-state index in [1.807, 2.05) is 23.7 Å². The minimum Gasteiger partial charge on any atom is -0.320 e. The molecule has 4 aromatic rings. The number of alkyl halides is 3. The summed E-state index contributed by atoms with van der Waals surface area (Å²) >= 11 is 0. The van der Waals surface area contributed by atoms with E-state index in [0.717, 1.165) is 54.2 Å². The number of aromatic nitrogens is 5. The average molecular weight is 680 g/mol. The fraction of sp³-hybridized carbons (Fsp3) is 0.583. The van der Waals surface area contributed by atoms with Crippen molar-refractivity contribution in [1.29, 1.82) is 0 Å². The molecule has 0 spiro atoms. The second-order valence-electron chi connectivity index (χ2n) is 14.6. The van der Waals surface area contributed by atoms with E-state index in [-0.39, 0.29) is 5.52 Å². The molecule has 0 atom stereocenters. The molecule has 0 saturated carbocycles. The fourth-order valence-corrected chi connectivity index (χ4v) is 7.91. The highest BCUT2D eigenvalue weighted by atomic mass is 19.4. The van der Waals surface area contributed by atoms with Crippen LogP contribution in [0.25, 0.3) is 11.2 Å². The number of pyridine rings is 1. The molecule has 6 heterocycles. The Morgan fingerprint density at radius 3 is 2.08 bits per heavy atom. The van der Waals surface area contributed by atoms with Gasteiger partial charge in [-0.2, -0.15) is 13.2 Å². The minimum atomic E-state index is -4.60. The van der Waals surface area contributed by atoms with Crippen LogP contribution in [0.3, 0.4) is 0 Å². The Bertz CT molecular complexity index is 1770. The number of likely N-dealkylation sites (tertiary alicyclic amines) is 2. The molecule has 7 rings (SSSR count). The highest BCUT2D eigenvalue weighted by Gasteiger charge is 2.35. The lowest BCUT2D eigenvalue weighted by Gasteiger charge is -2.40. The minimum absolute atomic E-state index is 0.147. The molecule has 0 unspecified atom stereocenters. The summed E-state index contributed by atoms with van der Waals surface area (Å²) in [6, 6.07) is 8.47. The zero-order chi connectivity index (χ0) is 34.1. The molecule has 10 nitrogen and oxygen atoms in total. The van der Waals surface area contributed by atoms with E-state index in [4.69, 9.17) is 0 Å². The molecule has 3 saturated heterocycles. The maximum absolute atomic E-state index is 14.4. The van der Waals surface area contributed by atoms with Crippen LogP contribution in [0.4, 0.5) is 13.2 Å². The quantitative estimate of drug-likeness (QED) is 0.265. The number of piperidine rings is 2. The number of nitrogens with zero attached hydrogens (tertiary/aromatic N) is 9. The monoisotopic (exact) mass is 679 g/mol. The van der Waals surface area contributed by atoms with Gasteiger partial charge < -0.3 is 19.3 Å². The van der Waals surface area contributed by atoms with Crippen LogP contribution < -0.4 is 5.69 Å². The van der Waals surface area contributed by atoms with Gasteiger partial charge in [-0.15, -0.1) is 10.2 Å². The molecule has 3 aromatic heterocycles. The van der Waals surface area contributed by atoms with Gasteiger partial charge in [0, 0.05) is 71.7 Å². The van der Waals surface area contributed by atoms with Crippen LogP contribution in [0.15, 0.2) is 53.8 Å². The smallest absolute Gasteiger partial charge is 0.320 e. The number of hydrogen-bond acceptors (Lipinski definition) is 7. The number of rotatable bonds is 9. The van der Waals surface area contributed by atoms with Crippen molar-refractivity contribution >= 4 is 5.52 Å². The molecule has 264 valence electrons. The van der Waals surface area contributed by atoms with Gasteiger partial charge in [-0.05, 0) is 100 Å². The second kappa shape index (κ2) is 14.4. The topological polar surface area (TPSA) is 70.1 Å². The van der Waals surface area contributed by atoms with Crippen LogP contribution in [0, 0.1) is 11.8 Å². The van der Waals surface area contributed by atoms with Crippen molar-refractivity contribution < 1.29 is 13.2 Å². The highest BCUT2D eigenvalue weighted by molar-refractivity contribution is 5.58. The molecule has 0 bridgehead atoms. The number of fused-ring (bicyclic) bond motifs is 1. The molecule has 3 aliphatic rings. The predicted octanol–water partition coefficient (Wildman–Crippen LogP) is 4.00. The molecular weight excluding hydrogens is 631 g/mol. The summed E-state index contributed by atoms with van der Waals surface area (Å²) in [5.74, 6) is 2.15. The van der Waals surface area contributed by atoms with E-state index in [0.29, 0.717) is 30.1 Å². The van der Waals surface area contributed by atoms with Gasteiger partial charge in [0.1, 0.15) is 12.2 Å². The molecule has 3 aliphatic heterocycles. The average Bonchev–Trinajstić information content (AvgIpc) is 3.64. The van der Waals surface area contributed by atoms with Gasteiger partial charge in [0.05, 0.1) is 16.8 Å². The van der Waals surface area contributed by atoms with Crippen LogP contribution in [-0.2, 0) is 26.2 Å². The molecule has 0 N–H and O–H groups in total. The van der Waals surface area contributed by atoms with Gasteiger partial charge in [0.2, 0.25) is 0 Å². The van der Waals surface area contributed by atoms with Gasteiger partial charge in [0.15, 0.2) is 0 Å². The van der Waals surface area contributed by atoms with Crippen molar-refractivity contribution in [3.8, 4) is 5.69 Å². The second-order valence-corrected chi connectivity index (χ2v) is 14.6. The maximum Gasteiger partial charge on any atom is 0.418 e. The first-order valence-electron chi connectivity index (χ1n) is 17.7. The van der Waals surface area contributed by atoms with Crippen molar-refractivity contribution in [3.05, 3.63) is 82.1 Å². The normalized spacial score (nSPS) is 20.1. The van der Waals surface area contributed by atoms with E-state index in [1.165, 1.54) is 75.5 Å². The number of halogens is 3. The molecule has 1 aromatic carbocycles. The lowest BCUT2D eigenvalue weighted by molar-refractivity contribution is -0.136. The van der Waals surface area contributed by atoms with Crippen LogP contribution in [0.5, 0.6) is 0 Å². The lowest BCUT2D eigenvalue weighted by Crippen LogP contribution is -2.48. The van der Waals surface area contributed by atoms with Gasteiger partial charge in [-0.25, -0.2) is 4.79 Å². The van der Waals surface area contributed by atoms with Gasteiger partial charge in [0.25, 0.3) is 0 Å². The predicted molar refractivity (Wildman–Crippen MR) is 183 cm³/mol. The molecule has 49 heavy (non-hydrogen) atoms. The summed E-state index contributed by atoms with van der Waals surface area (Å²) in [5.41, 5.74) is 0.416. The maximum atomic E-state index is 14.4. The molecule has 0 radical (unpaired) electrons. The molecule has 3 fully saturated rings. The highest BCUT2D eigenvalue weighted by Crippen LogP contribution is 2.34. The number of aryl methyl sites for hydroxylation is 1. The number of hydrogen-bond donors (Lipinski definition) is 0. The first-order valence-corrected chi connectivity index (χ1v) is 17.7. The number of benzene rings is 1. The molecule has 13 heteroatoms. The first kappa shape index (κ1) is 34.0.